The summed E-state index contributed by atoms with van der Waals surface area (Å²) in [5.41, 5.74) is 2.99. The van der Waals surface area contributed by atoms with Crippen molar-refractivity contribution in [2.75, 3.05) is 13.1 Å². The molecule has 1 amide bonds. The highest BCUT2D eigenvalue weighted by Crippen LogP contribution is 2.43. The van der Waals surface area contributed by atoms with Crippen LogP contribution >= 0.6 is 0 Å². The maximum absolute atomic E-state index is 13.1. The monoisotopic (exact) mass is 441 g/mol. The van der Waals surface area contributed by atoms with Gasteiger partial charge in [-0.1, -0.05) is 54.6 Å². The Morgan fingerprint density at radius 1 is 1.18 bits per heavy atom. The Bertz CT molecular complexity index is 1130. The van der Waals surface area contributed by atoms with Crippen LogP contribution in [0.1, 0.15) is 43.0 Å². The summed E-state index contributed by atoms with van der Waals surface area (Å²) in [4.78, 5) is 20.1. The lowest BCUT2D eigenvalue weighted by Crippen LogP contribution is -2.55. The highest BCUT2D eigenvalue weighted by Gasteiger charge is 2.44. The molecule has 0 aliphatic carbocycles. The molecule has 3 aliphatic heterocycles. The Morgan fingerprint density at radius 2 is 1.97 bits per heavy atom. The van der Waals surface area contributed by atoms with Gasteiger partial charge in [-0.15, -0.1) is 6.58 Å². The summed E-state index contributed by atoms with van der Waals surface area (Å²) in [6.07, 6.45) is 5.34. The number of amides is 1. The number of hydrogen-bond donors (Lipinski definition) is 1. The summed E-state index contributed by atoms with van der Waals surface area (Å²) >= 11 is 0. The second-order valence-corrected chi connectivity index (χ2v) is 9.27. The van der Waals surface area contributed by atoms with E-state index in [1.807, 2.05) is 67.7 Å². The number of aromatic nitrogens is 1. The third kappa shape index (κ3) is 4.38. The van der Waals surface area contributed by atoms with Crippen molar-refractivity contribution in [1.82, 2.24) is 15.2 Å². The fourth-order valence-electron chi connectivity index (χ4n) is 5.56. The number of nitrogens with one attached hydrogen (secondary N) is 1. The van der Waals surface area contributed by atoms with Gasteiger partial charge in [-0.3, -0.25) is 9.88 Å². The van der Waals surface area contributed by atoms with E-state index in [2.05, 4.69) is 33.9 Å². The summed E-state index contributed by atoms with van der Waals surface area (Å²) in [6.45, 7) is 8.04. The third-order valence-electron chi connectivity index (χ3n) is 7.36. The number of carbonyl (C=O) groups excluding carboxylic acids is 1. The average Bonchev–Trinajstić information content (AvgIpc) is 2.87. The van der Waals surface area contributed by atoms with E-state index in [0.29, 0.717) is 11.8 Å². The zero-order valence-electron chi connectivity index (χ0n) is 19.1. The Hall–Kier alpha value is -3.18. The molecule has 6 atom stereocenters. The predicted octanol–water partition coefficient (Wildman–Crippen LogP) is 5.66. The molecule has 1 unspecified atom stereocenters. The molecule has 1 N–H and O–H groups in total. The standard InChI is InChI=1S/C28H31N3O2/c1-3-20-18-31-16-14-22(20)17-26(31)27(24-13-15-29-25-12-8-7-11-23(24)25)33-28(32)30-19(2)21-9-5-4-6-10-21/h3-13,15,19-20,22,26-27H,1,14,16-18H2,2H3,(H,30,32)/t19-,20+,22+,26-,27+/m1/s1. The Balaban J connectivity index is 1.44. The maximum Gasteiger partial charge on any atom is 0.408 e. The molecule has 3 aliphatic rings. The van der Waals surface area contributed by atoms with Crippen LogP contribution in [-0.4, -0.2) is 35.1 Å². The molecule has 1 aromatic heterocycles. The van der Waals surface area contributed by atoms with Crippen LogP contribution in [0.5, 0.6) is 0 Å². The Morgan fingerprint density at radius 3 is 2.73 bits per heavy atom. The van der Waals surface area contributed by atoms with E-state index in [1.165, 1.54) is 6.42 Å². The summed E-state index contributed by atoms with van der Waals surface area (Å²) in [5.74, 6) is 1.10. The van der Waals surface area contributed by atoms with Crippen LogP contribution in [0.25, 0.3) is 10.9 Å². The second-order valence-electron chi connectivity index (χ2n) is 9.27. The lowest BCUT2D eigenvalue weighted by molar-refractivity contribution is -0.0501. The zero-order chi connectivity index (χ0) is 22.8. The molecule has 5 nitrogen and oxygen atoms in total. The van der Waals surface area contributed by atoms with Gasteiger partial charge >= 0.3 is 6.09 Å². The van der Waals surface area contributed by atoms with E-state index in [-0.39, 0.29) is 24.3 Å². The molecule has 170 valence electrons. The number of rotatable bonds is 6. The van der Waals surface area contributed by atoms with Gasteiger partial charge in [0.15, 0.2) is 0 Å². The van der Waals surface area contributed by atoms with Crippen molar-refractivity contribution in [3.8, 4) is 0 Å². The predicted molar refractivity (Wildman–Crippen MR) is 131 cm³/mol. The summed E-state index contributed by atoms with van der Waals surface area (Å²) < 4.78 is 6.25. The number of fused-ring (bicyclic) bond motifs is 4. The number of benzene rings is 2. The fourth-order valence-corrected chi connectivity index (χ4v) is 5.56. The molecule has 6 rings (SSSR count). The number of carbonyl (C=O) groups is 1. The summed E-state index contributed by atoms with van der Waals surface area (Å²) in [5, 5.41) is 4.07. The van der Waals surface area contributed by atoms with Crippen molar-refractivity contribution < 1.29 is 9.53 Å². The number of pyridine rings is 1. The van der Waals surface area contributed by atoms with Crippen LogP contribution in [0.3, 0.4) is 0 Å². The van der Waals surface area contributed by atoms with Gasteiger partial charge in [-0.05, 0) is 55.8 Å². The minimum absolute atomic E-state index is 0.137. The van der Waals surface area contributed by atoms with Gasteiger partial charge in [-0.25, -0.2) is 4.79 Å². The smallest absolute Gasteiger partial charge is 0.408 e. The van der Waals surface area contributed by atoms with Crippen molar-refractivity contribution >= 4 is 17.0 Å². The van der Waals surface area contributed by atoms with Crippen LogP contribution in [0.2, 0.25) is 0 Å². The molecule has 3 fully saturated rings. The summed E-state index contributed by atoms with van der Waals surface area (Å²) in [7, 11) is 0. The molecule has 0 spiro atoms. The minimum atomic E-state index is -0.389. The molecule has 33 heavy (non-hydrogen) atoms. The number of piperidine rings is 3. The largest absolute Gasteiger partial charge is 0.440 e. The van der Waals surface area contributed by atoms with Gasteiger partial charge in [0.2, 0.25) is 0 Å². The number of ether oxygens (including phenoxy) is 1. The van der Waals surface area contributed by atoms with Crippen molar-refractivity contribution in [2.24, 2.45) is 11.8 Å². The summed E-state index contributed by atoms with van der Waals surface area (Å²) in [6, 6.07) is 20.1. The van der Waals surface area contributed by atoms with Crippen molar-refractivity contribution in [2.45, 2.75) is 38.0 Å². The normalized spacial score (nSPS) is 25.8. The van der Waals surface area contributed by atoms with Crippen molar-refractivity contribution in [3.05, 3.63) is 90.6 Å². The number of para-hydroxylation sites is 1. The highest BCUT2D eigenvalue weighted by molar-refractivity contribution is 5.82. The van der Waals surface area contributed by atoms with E-state index < -0.39 is 0 Å². The first-order valence-electron chi connectivity index (χ1n) is 11.9. The molecule has 0 saturated carbocycles. The number of nitrogens with zero attached hydrogens (tertiary/aromatic N) is 2. The number of alkyl carbamates (subject to hydrolysis) is 1. The van der Waals surface area contributed by atoms with Crippen LogP contribution < -0.4 is 5.32 Å². The lowest BCUT2D eigenvalue weighted by atomic mass is 9.73. The molecular formula is C28H31N3O2. The van der Waals surface area contributed by atoms with E-state index in [0.717, 1.165) is 41.5 Å². The third-order valence-corrected chi connectivity index (χ3v) is 7.36. The van der Waals surface area contributed by atoms with Crippen molar-refractivity contribution in [1.29, 1.82) is 0 Å². The zero-order valence-corrected chi connectivity index (χ0v) is 19.1. The highest BCUT2D eigenvalue weighted by atomic mass is 16.6. The molecule has 2 bridgehead atoms. The van der Waals surface area contributed by atoms with Crippen LogP contribution in [0.4, 0.5) is 4.79 Å². The van der Waals surface area contributed by atoms with Gasteiger partial charge in [0.25, 0.3) is 0 Å². The maximum atomic E-state index is 13.1. The van der Waals surface area contributed by atoms with Gasteiger partial charge in [0.05, 0.1) is 17.6 Å². The first-order valence-corrected chi connectivity index (χ1v) is 11.9. The van der Waals surface area contributed by atoms with Gasteiger partial charge in [-0.2, -0.15) is 0 Å². The lowest BCUT2D eigenvalue weighted by Gasteiger charge is -2.51. The first kappa shape index (κ1) is 21.7. The molecule has 0 radical (unpaired) electrons. The molecule has 3 aromatic rings. The fraction of sp³-hybridized carbons (Fsp3) is 0.357. The average molecular weight is 442 g/mol. The molecule has 4 heterocycles. The van der Waals surface area contributed by atoms with E-state index in [1.54, 1.807) is 0 Å². The SMILES string of the molecule is C=C[C@H]1CN2CC[C@H]1C[C@@H]2[C@@H](OC(=O)N[C@H](C)c1ccccc1)c1ccnc2ccccc12. The van der Waals surface area contributed by atoms with Crippen LogP contribution in [-0.2, 0) is 4.74 Å². The molecule has 5 heteroatoms. The topological polar surface area (TPSA) is 54.5 Å². The van der Waals surface area contributed by atoms with Gasteiger partial charge in [0, 0.05) is 23.7 Å². The Labute approximate surface area is 195 Å². The Kier molecular flexibility index (Phi) is 6.14. The van der Waals surface area contributed by atoms with Crippen LogP contribution in [0, 0.1) is 11.8 Å². The van der Waals surface area contributed by atoms with Crippen molar-refractivity contribution in [3.63, 3.8) is 0 Å². The van der Waals surface area contributed by atoms with Crippen LogP contribution in [0.15, 0.2) is 79.5 Å². The van der Waals surface area contributed by atoms with E-state index in [9.17, 15) is 4.79 Å². The minimum Gasteiger partial charge on any atom is -0.440 e. The van der Waals surface area contributed by atoms with Gasteiger partial charge < -0.3 is 10.1 Å². The molecule has 3 saturated heterocycles. The second kappa shape index (κ2) is 9.36. The quantitative estimate of drug-likeness (QED) is 0.502. The molecular weight excluding hydrogens is 410 g/mol. The first-order chi connectivity index (χ1) is 16.1. The van der Waals surface area contributed by atoms with Gasteiger partial charge in [0.1, 0.15) is 6.10 Å². The van der Waals surface area contributed by atoms with E-state index in [4.69, 9.17) is 4.74 Å². The number of hydrogen-bond acceptors (Lipinski definition) is 4. The molecule has 2 aromatic carbocycles. The van der Waals surface area contributed by atoms with E-state index >= 15 is 0 Å².